The van der Waals surface area contributed by atoms with Crippen LogP contribution >= 0.6 is 0 Å². The van der Waals surface area contributed by atoms with E-state index in [4.69, 9.17) is 18.9 Å². The van der Waals surface area contributed by atoms with Gasteiger partial charge in [-0.05, 0) is 89.9 Å². The zero-order valence-electron chi connectivity index (χ0n) is 34.3. The fourth-order valence-corrected chi connectivity index (χ4v) is 5.46. The van der Waals surface area contributed by atoms with Gasteiger partial charge in [0.2, 0.25) is 0 Å². The van der Waals surface area contributed by atoms with Crippen LogP contribution in [0.3, 0.4) is 0 Å². The van der Waals surface area contributed by atoms with Gasteiger partial charge in [-0.2, -0.15) is 0 Å². The summed E-state index contributed by atoms with van der Waals surface area (Å²) in [5.41, 5.74) is 0. The highest BCUT2D eigenvalue weighted by Gasteiger charge is 2.44. The van der Waals surface area contributed by atoms with E-state index in [1.165, 1.54) is 0 Å². The molecule has 1 aliphatic heterocycles. The lowest BCUT2D eigenvalue weighted by atomic mass is 9.99. The number of hydrogen-bond donors (Lipinski definition) is 4. The summed E-state index contributed by atoms with van der Waals surface area (Å²) in [5, 5.41) is 40.0. The topological polar surface area (TPSA) is 135 Å². The van der Waals surface area contributed by atoms with Gasteiger partial charge in [0.15, 0.2) is 6.29 Å². The standard InChI is InChI=1S/C47H74O9/c1-3-5-7-9-11-13-15-17-19-21-22-24-26-28-30-32-34-36-43(49)55-41(40-54-47-46(52)45(51)44(50)42(38-48)56-47)39-53-37-35-33-31-29-27-25-23-20-18-16-14-12-10-8-6-4-2/h5-8,11-14,17-20,22,24-25,27-28,30,41-42,44-48,50-52H,3-4,9-10,15-16,21,23,26,29,31-40H2,1-2H3/b7-5-,8-6-,13-11-,14-12-,19-17-,20-18-,24-22-,27-25-,30-28-. The van der Waals surface area contributed by atoms with Gasteiger partial charge in [0, 0.05) is 13.0 Å². The van der Waals surface area contributed by atoms with Crippen LogP contribution in [0.5, 0.6) is 0 Å². The first kappa shape index (κ1) is 50.9. The summed E-state index contributed by atoms with van der Waals surface area (Å²) in [6.45, 7) is 4.14. The summed E-state index contributed by atoms with van der Waals surface area (Å²) in [4.78, 5) is 12.7. The molecule has 0 aromatic carbocycles. The predicted octanol–water partition coefficient (Wildman–Crippen LogP) is 9.02. The highest BCUT2D eigenvalue weighted by atomic mass is 16.7. The SMILES string of the molecule is CC/C=C\C/C=C\C/C=C\C/C=C\C/C=C\CCCC(=O)OC(COCCCCC/C=C\C/C=C\C/C=C\C/C=C\CC)COC1OC(CO)C(O)C(O)C1O. The lowest BCUT2D eigenvalue weighted by molar-refractivity contribution is -0.305. The Morgan fingerprint density at radius 1 is 0.571 bits per heavy atom. The maximum absolute atomic E-state index is 12.7. The number of carbonyl (C=O) groups excluding carboxylic acids is 1. The van der Waals surface area contributed by atoms with Crippen molar-refractivity contribution in [2.75, 3.05) is 26.4 Å². The molecule has 4 N–H and O–H groups in total. The van der Waals surface area contributed by atoms with Crippen LogP contribution in [0.1, 0.15) is 117 Å². The van der Waals surface area contributed by atoms with Crippen LogP contribution in [0.25, 0.3) is 0 Å². The van der Waals surface area contributed by atoms with Gasteiger partial charge in [0.1, 0.15) is 30.5 Å². The lowest BCUT2D eigenvalue weighted by Crippen LogP contribution is -2.59. The number of carbonyl (C=O) groups is 1. The van der Waals surface area contributed by atoms with E-state index in [0.717, 1.165) is 89.9 Å². The molecule has 1 rings (SSSR count). The maximum Gasteiger partial charge on any atom is 0.306 e. The lowest BCUT2D eigenvalue weighted by Gasteiger charge is -2.39. The molecule has 1 aliphatic rings. The Morgan fingerprint density at radius 3 is 1.52 bits per heavy atom. The Balaban J connectivity index is 2.39. The van der Waals surface area contributed by atoms with Gasteiger partial charge in [0.05, 0.1) is 19.8 Å². The number of unbranched alkanes of at least 4 members (excludes halogenated alkanes) is 4. The summed E-state index contributed by atoms with van der Waals surface area (Å²) in [7, 11) is 0. The number of hydrogen-bond acceptors (Lipinski definition) is 9. The van der Waals surface area contributed by atoms with E-state index in [0.29, 0.717) is 13.0 Å². The van der Waals surface area contributed by atoms with Crippen LogP contribution < -0.4 is 0 Å². The molecule has 9 nitrogen and oxygen atoms in total. The second kappa shape index (κ2) is 37.4. The van der Waals surface area contributed by atoms with Gasteiger partial charge in [-0.15, -0.1) is 0 Å². The Labute approximate surface area is 338 Å². The fraction of sp³-hybridized carbons (Fsp3) is 0.596. The van der Waals surface area contributed by atoms with Crippen molar-refractivity contribution in [3.05, 3.63) is 109 Å². The first-order valence-corrected chi connectivity index (χ1v) is 21.0. The molecule has 1 fully saturated rings. The molecule has 56 heavy (non-hydrogen) atoms. The highest BCUT2D eigenvalue weighted by molar-refractivity contribution is 5.69. The molecule has 6 unspecified atom stereocenters. The highest BCUT2D eigenvalue weighted by Crippen LogP contribution is 2.22. The molecule has 0 saturated carbocycles. The van der Waals surface area contributed by atoms with Gasteiger partial charge in [0.25, 0.3) is 0 Å². The van der Waals surface area contributed by atoms with Crippen LogP contribution in [0.2, 0.25) is 0 Å². The quantitative estimate of drug-likeness (QED) is 0.0292. The Hall–Kier alpha value is -3.15. The summed E-state index contributed by atoms with van der Waals surface area (Å²) >= 11 is 0. The molecule has 0 amide bonds. The van der Waals surface area contributed by atoms with Crippen LogP contribution in [-0.4, -0.2) is 89.6 Å². The van der Waals surface area contributed by atoms with Gasteiger partial charge in [-0.1, -0.05) is 130 Å². The molecule has 0 aromatic rings. The average Bonchev–Trinajstić information content (AvgIpc) is 3.20. The van der Waals surface area contributed by atoms with Gasteiger partial charge < -0.3 is 39.4 Å². The van der Waals surface area contributed by atoms with Crippen molar-refractivity contribution in [1.82, 2.24) is 0 Å². The molecule has 0 radical (unpaired) electrons. The Bertz CT molecular complexity index is 1210. The summed E-state index contributed by atoms with van der Waals surface area (Å²) in [6, 6.07) is 0. The molecule has 0 aliphatic carbocycles. The average molecular weight is 783 g/mol. The van der Waals surface area contributed by atoms with E-state index in [1.54, 1.807) is 0 Å². The summed E-state index contributed by atoms with van der Waals surface area (Å²) < 4.78 is 22.7. The zero-order chi connectivity index (χ0) is 40.7. The number of aliphatic hydroxyl groups is 4. The van der Waals surface area contributed by atoms with E-state index >= 15 is 0 Å². The fourth-order valence-electron chi connectivity index (χ4n) is 5.46. The largest absolute Gasteiger partial charge is 0.457 e. The van der Waals surface area contributed by atoms with Gasteiger partial charge in [-0.25, -0.2) is 0 Å². The molecule has 1 saturated heterocycles. The van der Waals surface area contributed by atoms with Gasteiger partial charge in [-0.3, -0.25) is 4.79 Å². The third kappa shape index (κ3) is 28.3. The second-order valence-corrected chi connectivity index (χ2v) is 13.7. The van der Waals surface area contributed by atoms with Crippen molar-refractivity contribution in [3.8, 4) is 0 Å². The van der Waals surface area contributed by atoms with Crippen LogP contribution in [0.15, 0.2) is 109 Å². The minimum absolute atomic E-state index is 0.0921. The third-order valence-electron chi connectivity index (χ3n) is 8.68. The number of rotatable bonds is 33. The second-order valence-electron chi connectivity index (χ2n) is 13.7. The molecule has 1 heterocycles. The number of aliphatic hydroxyl groups excluding tert-OH is 4. The normalized spacial score (nSPS) is 21.7. The molecule has 0 aromatic heterocycles. The Kier molecular flexibility index (Phi) is 34.0. The van der Waals surface area contributed by atoms with Crippen LogP contribution in [-0.2, 0) is 23.7 Å². The van der Waals surface area contributed by atoms with Crippen molar-refractivity contribution in [3.63, 3.8) is 0 Å². The molecule has 9 heteroatoms. The van der Waals surface area contributed by atoms with Crippen LogP contribution in [0, 0.1) is 0 Å². The number of ether oxygens (including phenoxy) is 4. The smallest absolute Gasteiger partial charge is 0.306 e. The summed E-state index contributed by atoms with van der Waals surface area (Å²) in [5.74, 6) is -0.388. The number of allylic oxidation sites excluding steroid dienone is 18. The first-order valence-electron chi connectivity index (χ1n) is 21.0. The molecule has 316 valence electrons. The summed E-state index contributed by atoms with van der Waals surface area (Å²) in [6.07, 6.45) is 45.5. The van der Waals surface area contributed by atoms with E-state index < -0.39 is 43.4 Å². The molecular weight excluding hydrogens is 709 g/mol. The minimum atomic E-state index is -1.56. The van der Waals surface area contributed by atoms with Crippen molar-refractivity contribution < 1.29 is 44.2 Å². The monoisotopic (exact) mass is 783 g/mol. The molecule has 0 bridgehead atoms. The van der Waals surface area contributed by atoms with Crippen molar-refractivity contribution in [2.45, 2.75) is 153 Å². The van der Waals surface area contributed by atoms with E-state index in [9.17, 15) is 25.2 Å². The van der Waals surface area contributed by atoms with Crippen molar-refractivity contribution in [2.24, 2.45) is 0 Å². The Morgan fingerprint density at radius 2 is 1.04 bits per heavy atom. The maximum atomic E-state index is 12.7. The molecular formula is C47H74O9. The third-order valence-corrected chi connectivity index (χ3v) is 8.68. The van der Waals surface area contributed by atoms with E-state index in [2.05, 4.69) is 123 Å². The van der Waals surface area contributed by atoms with Crippen molar-refractivity contribution >= 4 is 5.97 Å². The van der Waals surface area contributed by atoms with E-state index in [-0.39, 0.29) is 25.6 Å². The molecule has 6 atom stereocenters. The van der Waals surface area contributed by atoms with Crippen LogP contribution in [0.4, 0.5) is 0 Å². The van der Waals surface area contributed by atoms with E-state index in [1.807, 2.05) is 0 Å². The zero-order valence-corrected chi connectivity index (χ0v) is 34.3. The van der Waals surface area contributed by atoms with Gasteiger partial charge >= 0.3 is 5.97 Å². The van der Waals surface area contributed by atoms with Crippen molar-refractivity contribution in [1.29, 1.82) is 0 Å². The first-order chi connectivity index (χ1) is 27.4. The minimum Gasteiger partial charge on any atom is -0.457 e. The molecule has 0 spiro atoms. The number of esters is 1. The predicted molar refractivity (Wildman–Crippen MR) is 228 cm³/mol.